The minimum absolute atomic E-state index is 1.05. The highest BCUT2D eigenvalue weighted by atomic mass is 14.2. The van der Waals surface area contributed by atoms with E-state index >= 15 is 0 Å². The topological polar surface area (TPSA) is 0 Å². The van der Waals surface area contributed by atoms with Gasteiger partial charge >= 0.3 is 0 Å². The molecule has 0 bridgehead atoms. The maximum atomic E-state index is 2.27. The van der Waals surface area contributed by atoms with Gasteiger partial charge < -0.3 is 0 Å². The third-order valence-corrected chi connectivity index (χ3v) is 4.78. The van der Waals surface area contributed by atoms with Crippen molar-refractivity contribution in [2.75, 3.05) is 0 Å². The number of hydrogen-bond donors (Lipinski definition) is 0. The summed E-state index contributed by atoms with van der Waals surface area (Å²) in [5.41, 5.74) is 11.6. The van der Waals surface area contributed by atoms with Crippen molar-refractivity contribution in [3.05, 3.63) is 68.8 Å². The molecule has 0 heterocycles. The van der Waals surface area contributed by atoms with E-state index in [0.29, 0.717) is 0 Å². The number of hydrogen-bond acceptors (Lipinski definition) is 0. The van der Waals surface area contributed by atoms with Gasteiger partial charge in [0.05, 0.1) is 0 Å². The summed E-state index contributed by atoms with van der Waals surface area (Å²) in [5, 5.41) is 0. The van der Waals surface area contributed by atoms with Gasteiger partial charge in [-0.3, -0.25) is 0 Å². The highest BCUT2D eigenvalue weighted by Gasteiger charge is 2.13. The third-order valence-electron chi connectivity index (χ3n) is 4.78. The lowest BCUT2D eigenvalue weighted by molar-refractivity contribution is 1.05. The molecule has 2 aromatic rings. The molecule has 0 heteroatoms. The second kappa shape index (κ2) is 5.21. The summed E-state index contributed by atoms with van der Waals surface area (Å²) in [6, 6.07) is 8.71. The molecule has 0 fully saturated rings. The standard InChI is InChI=1S/C19H24/c1-12-9-7-8-10-18(12)11-19-16(5)14(3)13(2)15(4)17(19)6/h7-10H,11H2,1-6H3. The summed E-state index contributed by atoms with van der Waals surface area (Å²) in [5.74, 6) is 0. The Balaban J connectivity index is 2.56. The molecule has 2 aromatic carbocycles. The molecule has 2 rings (SSSR count). The van der Waals surface area contributed by atoms with Crippen LogP contribution in [0.1, 0.15) is 44.5 Å². The molecule has 0 unspecified atom stereocenters. The van der Waals surface area contributed by atoms with Crippen LogP contribution in [0.25, 0.3) is 0 Å². The fraction of sp³-hybridized carbons (Fsp3) is 0.368. The van der Waals surface area contributed by atoms with Crippen LogP contribution in [0.4, 0.5) is 0 Å². The second-order valence-electron chi connectivity index (χ2n) is 5.71. The monoisotopic (exact) mass is 252 g/mol. The smallest absolute Gasteiger partial charge is 0.00177 e. The molecule has 0 aromatic heterocycles. The van der Waals surface area contributed by atoms with E-state index in [1.54, 1.807) is 0 Å². The minimum atomic E-state index is 1.05. The van der Waals surface area contributed by atoms with Gasteiger partial charge in [-0.05, 0) is 92.5 Å². The van der Waals surface area contributed by atoms with E-state index in [4.69, 9.17) is 0 Å². The molecule has 0 N–H and O–H groups in total. The number of benzene rings is 2. The predicted octanol–water partition coefficient (Wildman–Crippen LogP) is 5.13. The predicted molar refractivity (Wildman–Crippen MR) is 84.1 cm³/mol. The highest BCUT2D eigenvalue weighted by Crippen LogP contribution is 2.28. The van der Waals surface area contributed by atoms with Crippen molar-refractivity contribution >= 4 is 0 Å². The zero-order valence-corrected chi connectivity index (χ0v) is 13.0. The van der Waals surface area contributed by atoms with Crippen LogP contribution in [0.5, 0.6) is 0 Å². The van der Waals surface area contributed by atoms with E-state index in [9.17, 15) is 0 Å². The van der Waals surface area contributed by atoms with E-state index < -0.39 is 0 Å². The van der Waals surface area contributed by atoms with Crippen LogP contribution < -0.4 is 0 Å². The van der Waals surface area contributed by atoms with Gasteiger partial charge in [0.15, 0.2) is 0 Å². The fourth-order valence-corrected chi connectivity index (χ4v) is 2.84. The minimum Gasteiger partial charge on any atom is -0.0620 e. The van der Waals surface area contributed by atoms with Crippen LogP contribution >= 0.6 is 0 Å². The number of rotatable bonds is 2. The lowest BCUT2D eigenvalue weighted by Gasteiger charge is -2.19. The largest absolute Gasteiger partial charge is 0.0620 e. The maximum absolute atomic E-state index is 2.27. The quantitative estimate of drug-likeness (QED) is 0.695. The van der Waals surface area contributed by atoms with Gasteiger partial charge in [0.25, 0.3) is 0 Å². The van der Waals surface area contributed by atoms with Crippen LogP contribution in [0, 0.1) is 41.5 Å². The molecule has 0 aliphatic carbocycles. The van der Waals surface area contributed by atoms with Crippen LogP contribution in [-0.2, 0) is 6.42 Å². The normalized spacial score (nSPS) is 10.8. The Morgan fingerprint density at radius 3 is 1.63 bits per heavy atom. The van der Waals surface area contributed by atoms with Crippen molar-refractivity contribution in [3.63, 3.8) is 0 Å². The van der Waals surface area contributed by atoms with Crippen LogP contribution in [0.15, 0.2) is 24.3 Å². The first-order valence-electron chi connectivity index (χ1n) is 7.03. The van der Waals surface area contributed by atoms with Crippen molar-refractivity contribution in [2.24, 2.45) is 0 Å². The molecule has 0 aliphatic heterocycles. The lowest BCUT2D eigenvalue weighted by atomic mass is 9.86. The lowest BCUT2D eigenvalue weighted by Crippen LogP contribution is -2.04. The molecule has 0 amide bonds. The van der Waals surface area contributed by atoms with Gasteiger partial charge in [-0.15, -0.1) is 0 Å². The van der Waals surface area contributed by atoms with Gasteiger partial charge in [-0.25, -0.2) is 0 Å². The van der Waals surface area contributed by atoms with Crippen molar-refractivity contribution in [1.82, 2.24) is 0 Å². The summed E-state index contributed by atoms with van der Waals surface area (Å²) in [4.78, 5) is 0. The second-order valence-corrected chi connectivity index (χ2v) is 5.71. The molecule has 0 aliphatic rings. The van der Waals surface area contributed by atoms with Crippen molar-refractivity contribution in [2.45, 2.75) is 48.0 Å². The summed E-state index contributed by atoms with van der Waals surface area (Å²) < 4.78 is 0. The molecule has 0 nitrogen and oxygen atoms in total. The first-order chi connectivity index (χ1) is 8.93. The Labute approximate surface area is 117 Å². The molecule has 100 valence electrons. The van der Waals surface area contributed by atoms with Crippen LogP contribution in [0.3, 0.4) is 0 Å². The van der Waals surface area contributed by atoms with E-state index in [1.807, 2.05) is 0 Å². The molecule has 0 radical (unpaired) electrons. The van der Waals surface area contributed by atoms with E-state index in [1.165, 1.54) is 44.5 Å². The third kappa shape index (κ3) is 2.45. The van der Waals surface area contributed by atoms with Crippen molar-refractivity contribution < 1.29 is 0 Å². The van der Waals surface area contributed by atoms with Gasteiger partial charge in [-0.2, -0.15) is 0 Å². The van der Waals surface area contributed by atoms with E-state index in [-0.39, 0.29) is 0 Å². The summed E-state index contributed by atoms with van der Waals surface area (Å²) >= 11 is 0. The SMILES string of the molecule is Cc1ccccc1Cc1c(C)c(C)c(C)c(C)c1C. The molecular weight excluding hydrogens is 228 g/mol. The Kier molecular flexibility index (Phi) is 3.80. The zero-order valence-electron chi connectivity index (χ0n) is 13.0. The van der Waals surface area contributed by atoms with Crippen LogP contribution in [-0.4, -0.2) is 0 Å². The van der Waals surface area contributed by atoms with Gasteiger partial charge in [0.2, 0.25) is 0 Å². The van der Waals surface area contributed by atoms with Gasteiger partial charge in [-0.1, -0.05) is 24.3 Å². The number of aryl methyl sites for hydroxylation is 1. The first kappa shape index (κ1) is 13.9. The zero-order chi connectivity index (χ0) is 14.2. The van der Waals surface area contributed by atoms with Crippen LogP contribution in [0.2, 0.25) is 0 Å². The Hall–Kier alpha value is -1.56. The van der Waals surface area contributed by atoms with Gasteiger partial charge in [0.1, 0.15) is 0 Å². The van der Waals surface area contributed by atoms with Crippen molar-refractivity contribution in [3.8, 4) is 0 Å². The van der Waals surface area contributed by atoms with E-state index in [2.05, 4.69) is 65.8 Å². The molecule has 19 heavy (non-hydrogen) atoms. The molecule has 0 spiro atoms. The molecular formula is C19H24. The molecule has 0 saturated heterocycles. The highest BCUT2D eigenvalue weighted by molar-refractivity contribution is 5.51. The maximum Gasteiger partial charge on any atom is -0.00177 e. The fourth-order valence-electron chi connectivity index (χ4n) is 2.84. The summed E-state index contributed by atoms with van der Waals surface area (Å²) in [7, 11) is 0. The summed E-state index contributed by atoms with van der Waals surface area (Å²) in [6.07, 6.45) is 1.05. The van der Waals surface area contributed by atoms with Gasteiger partial charge in [0, 0.05) is 0 Å². The average molecular weight is 252 g/mol. The molecule has 0 atom stereocenters. The van der Waals surface area contributed by atoms with E-state index in [0.717, 1.165) is 6.42 Å². The van der Waals surface area contributed by atoms with Crippen molar-refractivity contribution in [1.29, 1.82) is 0 Å². The Morgan fingerprint density at radius 1 is 0.632 bits per heavy atom. The molecule has 0 saturated carbocycles. The average Bonchev–Trinajstić information content (AvgIpc) is 2.41. The first-order valence-corrected chi connectivity index (χ1v) is 7.03. The summed E-state index contributed by atoms with van der Waals surface area (Å²) in [6.45, 7) is 13.5. The Morgan fingerprint density at radius 2 is 1.11 bits per heavy atom. The Bertz CT molecular complexity index is 589.